The summed E-state index contributed by atoms with van der Waals surface area (Å²) in [5.41, 5.74) is 1.15. The van der Waals surface area contributed by atoms with Crippen LogP contribution >= 0.6 is 0 Å². The Kier molecular flexibility index (Phi) is 6.27. The van der Waals surface area contributed by atoms with Gasteiger partial charge < -0.3 is 14.4 Å². The summed E-state index contributed by atoms with van der Waals surface area (Å²) in [5, 5.41) is 0. The first-order valence-electron chi connectivity index (χ1n) is 9.64. The number of rotatable bonds is 6. The van der Waals surface area contributed by atoms with Gasteiger partial charge in [0.1, 0.15) is 5.75 Å². The fraction of sp³-hybridized carbons (Fsp3) is 0.600. The summed E-state index contributed by atoms with van der Waals surface area (Å²) in [7, 11) is -1.77. The maximum Gasteiger partial charge on any atom is 0.337 e. The van der Waals surface area contributed by atoms with Crippen molar-refractivity contribution in [3.8, 4) is 5.75 Å². The molecule has 0 unspecified atom stereocenters. The molecule has 0 spiro atoms. The molecule has 1 atom stereocenters. The lowest BCUT2D eigenvalue weighted by Crippen LogP contribution is -2.48. The second-order valence-electron chi connectivity index (χ2n) is 7.56. The highest BCUT2D eigenvalue weighted by Gasteiger charge is 2.39. The summed E-state index contributed by atoms with van der Waals surface area (Å²) in [6.45, 7) is 1.65. The van der Waals surface area contributed by atoms with Crippen molar-refractivity contribution in [2.24, 2.45) is 0 Å². The van der Waals surface area contributed by atoms with Gasteiger partial charge in [-0.1, -0.05) is 18.9 Å². The lowest BCUT2D eigenvalue weighted by atomic mass is 10.1. The van der Waals surface area contributed by atoms with Gasteiger partial charge in [0.05, 0.1) is 24.2 Å². The number of ether oxygens (including phenoxy) is 2. The Morgan fingerprint density at radius 3 is 2.46 bits per heavy atom. The molecule has 1 aromatic rings. The predicted molar refractivity (Wildman–Crippen MR) is 104 cm³/mol. The molecule has 1 heterocycles. The summed E-state index contributed by atoms with van der Waals surface area (Å²) in [6.07, 6.45) is 4.39. The van der Waals surface area contributed by atoms with Gasteiger partial charge in [-0.25, -0.2) is 13.2 Å². The quantitative estimate of drug-likeness (QED) is 0.669. The summed E-state index contributed by atoms with van der Waals surface area (Å²) in [6, 6.07) is 4.76. The van der Waals surface area contributed by atoms with Crippen LogP contribution in [0.25, 0.3) is 0 Å². The molecule has 1 aliphatic carbocycles. The van der Waals surface area contributed by atoms with E-state index >= 15 is 0 Å². The van der Waals surface area contributed by atoms with Crippen LogP contribution in [0, 0.1) is 6.92 Å². The highest BCUT2D eigenvalue weighted by atomic mass is 32.2. The van der Waals surface area contributed by atoms with Crippen molar-refractivity contribution in [3.05, 3.63) is 29.3 Å². The third-order valence-electron chi connectivity index (χ3n) is 5.57. The summed E-state index contributed by atoms with van der Waals surface area (Å²) < 4.78 is 34.3. The Hall–Kier alpha value is -2.09. The molecule has 0 N–H and O–H groups in total. The Labute approximate surface area is 165 Å². The fourth-order valence-corrected chi connectivity index (χ4v) is 5.81. The Bertz CT molecular complexity index is 844. The molecule has 1 saturated heterocycles. The fourth-order valence-electron chi connectivity index (χ4n) is 4.10. The lowest BCUT2D eigenvalue weighted by molar-refractivity contribution is -0.137. The van der Waals surface area contributed by atoms with Gasteiger partial charge in [0.2, 0.25) is 0 Å². The number of aryl methyl sites for hydroxylation is 1. The Morgan fingerprint density at radius 1 is 1.14 bits per heavy atom. The van der Waals surface area contributed by atoms with Crippen LogP contribution in [0.1, 0.15) is 48.0 Å². The van der Waals surface area contributed by atoms with E-state index < -0.39 is 15.8 Å². The van der Waals surface area contributed by atoms with Gasteiger partial charge in [-0.15, -0.1) is 0 Å². The van der Waals surface area contributed by atoms with E-state index in [9.17, 15) is 18.0 Å². The average molecular weight is 410 g/mol. The molecule has 0 bridgehead atoms. The molecule has 1 amide bonds. The number of hydrogen-bond acceptors (Lipinski definition) is 6. The first kappa shape index (κ1) is 20.6. The molecule has 1 aromatic carbocycles. The number of amides is 1. The first-order chi connectivity index (χ1) is 13.3. The zero-order chi connectivity index (χ0) is 20.3. The number of hydrogen-bond donors (Lipinski definition) is 0. The van der Waals surface area contributed by atoms with Gasteiger partial charge >= 0.3 is 5.97 Å². The van der Waals surface area contributed by atoms with Gasteiger partial charge in [-0.05, 0) is 43.9 Å². The minimum Gasteiger partial charge on any atom is -0.483 e. The molecule has 0 aromatic heterocycles. The van der Waals surface area contributed by atoms with Crippen molar-refractivity contribution in [2.45, 2.75) is 51.1 Å². The van der Waals surface area contributed by atoms with Crippen molar-refractivity contribution < 1.29 is 27.5 Å². The minimum atomic E-state index is -3.08. The Balaban J connectivity index is 1.73. The minimum absolute atomic E-state index is 0.0338. The van der Waals surface area contributed by atoms with Crippen LogP contribution in [0.5, 0.6) is 5.75 Å². The largest absolute Gasteiger partial charge is 0.483 e. The van der Waals surface area contributed by atoms with Crippen molar-refractivity contribution >= 4 is 21.7 Å². The number of methoxy groups -OCH3 is 1. The van der Waals surface area contributed by atoms with Crippen molar-refractivity contribution in [1.82, 2.24) is 4.90 Å². The molecule has 1 aliphatic heterocycles. The van der Waals surface area contributed by atoms with E-state index in [0.29, 0.717) is 17.7 Å². The van der Waals surface area contributed by atoms with Crippen LogP contribution in [0.2, 0.25) is 0 Å². The van der Waals surface area contributed by atoms with E-state index in [4.69, 9.17) is 9.47 Å². The SMILES string of the molecule is COC(=O)c1ccc(C)c(OCC(=O)N(C2CCCC2)[C@@H]2CCS(=O)(=O)C2)c1. The third kappa shape index (κ3) is 4.66. The van der Waals surface area contributed by atoms with Crippen LogP contribution < -0.4 is 4.74 Å². The lowest BCUT2D eigenvalue weighted by Gasteiger charge is -2.34. The van der Waals surface area contributed by atoms with Crippen LogP contribution in [0.15, 0.2) is 18.2 Å². The van der Waals surface area contributed by atoms with Crippen LogP contribution in [0.3, 0.4) is 0 Å². The third-order valence-corrected chi connectivity index (χ3v) is 7.32. The summed E-state index contributed by atoms with van der Waals surface area (Å²) in [4.78, 5) is 26.5. The average Bonchev–Trinajstić information content (AvgIpc) is 3.30. The number of esters is 1. The van der Waals surface area contributed by atoms with Gasteiger partial charge in [0.15, 0.2) is 16.4 Å². The number of carbonyl (C=O) groups is 2. The van der Waals surface area contributed by atoms with Crippen LogP contribution in [-0.2, 0) is 19.4 Å². The highest BCUT2D eigenvalue weighted by Crippen LogP contribution is 2.29. The molecular weight excluding hydrogens is 382 g/mol. The van der Waals surface area contributed by atoms with Crippen LogP contribution in [0.4, 0.5) is 0 Å². The maximum atomic E-state index is 13.0. The molecular formula is C20H27NO6S. The number of sulfone groups is 1. The molecule has 2 fully saturated rings. The van der Waals surface area contributed by atoms with E-state index in [0.717, 1.165) is 31.2 Å². The van der Waals surface area contributed by atoms with E-state index in [1.54, 1.807) is 23.1 Å². The Morgan fingerprint density at radius 2 is 1.86 bits per heavy atom. The standard InChI is InChI=1S/C20H27NO6S/c1-14-7-8-15(20(23)26-2)11-18(14)27-12-19(22)21(16-5-3-4-6-16)17-9-10-28(24,25)13-17/h7-8,11,16-17H,3-6,9-10,12-13H2,1-2H3/t17-/m1/s1. The van der Waals surface area contributed by atoms with E-state index in [1.165, 1.54) is 7.11 Å². The van der Waals surface area contributed by atoms with Crippen molar-refractivity contribution in [1.29, 1.82) is 0 Å². The van der Waals surface area contributed by atoms with Gasteiger partial charge in [-0.2, -0.15) is 0 Å². The molecule has 8 heteroatoms. The zero-order valence-corrected chi connectivity index (χ0v) is 17.2. The van der Waals surface area contributed by atoms with E-state index in [1.807, 2.05) is 6.92 Å². The smallest absolute Gasteiger partial charge is 0.337 e. The molecule has 0 radical (unpaired) electrons. The van der Waals surface area contributed by atoms with Crippen LogP contribution in [-0.4, -0.2) is 62.5 Å². The van der Waals surface area contributed by atoms with Crippen molar-refractivity contribution in [3.63, 3.8) is 0 Å². The zero-order valence-electron chi connectivity index (χ0n) is 16.3. The summed E-state index contributed by atoms with van der Waals surface area (Å²) in [5.74, 6) is -0.0556. The molecule has 7 nitrogen and oxygen atoms in total. The van der Waals surface area contributed by atoms with Crippen molar-refractivity contribution in [2.75, 3.05) is 25.2 Å². The van der Waals surface area contributed by atoms with E-state index in [2.05, 4.69) is 0 Å². The summed E-state index contributed by atoms with van der Waals surface area (Å²) >= 11 is 0. The molecule has 154 valence electrons. The monoisotopic (exact) mass is 409 g/mol. The van der Waals surface area contributed by atoms with Gasteiger partial charge in [-0.3, -0.25) is 4.79 Å². The highest BCUT2D eigenvalue weighted by molar-refractivity contribution is 7.91. The second-order valence-corrected chi connectivity index (χ2v) is 9.79. The normalized spacial score (nSPS) is 21.4. The topological polar surface area (TPSA) is 90.0 Å². The molecule has 28 heavy (non-hydrogen) atoms. The first-order valence-corrected chi connectivity index (χ1v) is 11.5. The van der Waals surface area contributed by atoms with Gasteiger partial charge in [0, 0.05) is 12.1 Å². The second kappa shape index (κ2) is 8.51. The maximum absolute atomic E-state index is 13.0. The predicted octanol–water partition coefficient (Wildman–Crippen LogP) is 2.12. The molecule has 2 aliphatic rings. The number of benzene rings is 1. The molecule has 1 saturated carbocycles. The number of carbonyl (C=O) groups excluding carboxylic acids is 2. The van der Waals surface area contributed by atoms with E-state index in [-0.39, 0.29) is 36.1 Å². The van der Waals surface area contributed by atoms with Gasteiger partial charge in [0.25, 0.3) is 5.91 Å². The molecule has 3 rings (SSSR count). The number of nitrogens with zero attached hydrogens (tertiary/aromatic N) is 1.